The molecule has 0 saturated heterocycles. The van der Waals surface area contributed by atoms with Gasteiger partial charge >= 0.3 is 0 Å². The second-order valence-corrected chi connectivity index (χ2v) is 3.72. The van der Waals surface area contributed by atoms with Crippen molar-refractivity contribution in [3.05, 3.63) is 0 Å². The number of hydrogen-bond donors (Lipinski definition) is 2. The molecule has 1 fully saturated rings. The molecule has 76 valence electrons. The summed E-state index contributed by atoms with van der Waals surface area (Å²) in [7, 11) is 1.95. The maximum absolute atomic E-state index is 11.3. The van der Waals surface area contributed by atoms with Crippen LogP contribution >= 0.6 is 0 Å². The maximum Gasteiger partial charge on any atom is 0.234 e. The highest BCUT2D eigenvalue weighted by Gasteiger charge is 2.23. The fourth-order valence-electron chi connectivity index (χ4n) is 1.19. The van der Waals surface area contributed by atoms with E-state index in [0.717, 1.165) is 25.8 Å². The zero-order chi connectivity index (χ0) is 9.68. The Balaban J connectivity index is 2.03. The minimum absolute atomic E-state index is 0.141. The van der Waals surface area contributed by atoms with Crippen molar-refractivity contribution in [2.45, 2.75) is 25.3 Å². The third kappa shape index (κ3) is 4.85. The minimum Gasteiger partial charge on any atom is -0.352 e. The number of likely N-dealkylation sites (N-methyl/N-ethyl adjacent to an activating group) is 1. The Bertz CT molecular complexity index is 168. The van der Waals surface area contributed by atoms with E-state index in [9.17, 15) is 4.79 Å². The van der Waals surface area contributed by atoms with E-state index in [0.29, 0.717) is 19.1 Å². The predicted molar refractivity (Wildman–Crippen MR) is 52.3 cm³/mol. The molecule has 0 unspecified atom stereocenters. The van der Waals surface area contributed by atoms with E-state index in [1.165, 1.54) is 0 Å². The van der Waals surface area contributed by atoms with Crippen molar-refractivity contribution in [1.82, 2.24) is 10.2 Å². The number of hydrogen-bond acceptors (Lipinski definition) is 3. The molecule has 1 rings (SSSR count). The van der Waals surface area contributed by atoms with Crippen molar-refractivity contribution >= 4 is 5.91 Å². The molecule has 1 saturated carbocycles. The molecule has 1 aliphatic rings. The molecule has 0 bridgehead atoms. The maximum atomic E-state index is 11.3. The van der Waals surface area contributed by atoms with Crippen LogP contribution in [-0.4, -0.2) is 43.5 Å². The lowest BCUT2D eigenvalue weighted by atomic mass is 10.4. The molecule has 13 heavy (non-hydrogen) atoms. The second-order valence-electron chi connectivity index (χ2n) is 3.72. The topological polar surface area (TPSA) is 58.4 Å². The average molecular weight is 185 g/mol. The van der Waals surface area contributed by atoms with E-state index >= 15 is 0 Å². The highest BCUT2D eigenvalue weighted by Crippen LogP contribution is 2.18. The van der Waals surface area contributed by atoms with Gasteiger partial charge in [0, 0.05) is 6.04 Å². The molecule has 1 amide bonds. The molecule has 0 heterocycles. The van der Waals surface area contributed by atoms with Gasteiger partial charge in [0.25, 0.3) is 0 Å². The highest BCUT2D eigenvalue weighted by molar-refractivity contribution is 5.78. The van der Waals surface area contributed by atoms with Crippen molar-refractivity contribution in [2.24, 2.45) is 5.73 Å². The standard InChI is InChI=1S/C9H19N3O/c1-12(6-2-5-10)7-9(13)11-8-3-4-8/h8H,2-7,10H2,1H3,(H,11,13). The van der Waals surface area contributed by atoms with E-state index in [4.69, 9.17) is 5.73 Å². The molecule has 1 aliphatic carbocycles. The van der Waals surface area contributed by atoms with Gasteiger partial charge in [-0.1, -0.05) is 0 Å². The van der Waals surface area contributed by atoms with Crippen molar-refractivity contribution in [3.63, 3.8) is 0 Å². The molecule has 0 radical (unpaired) electrons. The first-order chi connectivity index (χ1) is 6.22. The molecule has 4 nitrogen and oxygen atoms in total. The number of amides is 1. The van der Waals surface area contributed by atoms with Gasteiger partial charge in [-0.15, -0.1) is 0 Å². The molecule has 3 N–H and O–H groups in total. The zero-order valence-corrected chi connectivity index (χ0v) is 8.25. The van der Waals surface area contributed by atoms with Crippen LogP contribution in [0.15, 0.2) is 0 Å². The Morgan fingerprint density at radius 2 is 2.31 bits per heavy atom. The van der Waals surface area contributed by atoms with Crippen LogP contribution < -0.4 is 11.1 Å². The van der Waals surface area contributed by atoms with Crippen LogP contribution in [0.1, 0.15) is 19.3 Å². The van der Waals surface area contributed by atoms with Crippen LogP contribution in [-0.2, 0) is 4.79 Å². The second kappa shape index (κ2) is 5.19. The van der Waals surface area contributed by atoms with Crippen molar-refractivity contribution < 1.29 is 4.79 Å². The summed E-state index contributed by atoms with van der Waals surface area (Å²) < 4.78 is 0. The van der Waals surface area contributed by atoms with Gasteiger partial charge < -0.3 is 11.1 Å². The van der Waals surface area contributed by atoms with E-state index in [1.807, 2.05) is 11.9 Å². The van der Waals surface area contributed by atoms with E-state index in [2.05, 4.69) is 5.32 Å². The molecular weight excluding hydrogens is 166 g/mol. The summed E-state index contributed by atoms with van der Waals surface area (Å²) >= 11 is 0. The quantitative estimate of drug-likeness (QED) is 0.589. The summed E-state index contributed by atoms with van der Waals surface area (Å²) in [6.45, 7) is 2.08. The van der Waals surface area contributed by atoms with Gasteiger partial charge in [0.2, 0.25) is 5.91 Å². The molecule has 4 heteroatoms. The van der Waals surface area contributed by atoms with E-state index < -0.39 is 0 Å². The number of rotatable bonds is 6. The van der Waals surface area contributed by atoms with Gasteiger partial charge in [0.1, 0.15) is 0 Å². The number of nitrogens with zero attached hydrogens (tertiary/aromatic N) is 1. The highest BCUT2D eigenvalue weighted by atomic mass is 16.2. The third-order valence-electron chi connectivity index (χ3n) is 2.10. The summed E-state index contributed by atoms with van der Waals surface area (Å²) in [5.74, 6) is 0.141. The fraction of sp³-hybridized carbons (Fsp3) is 0.889. The minimum atomic E-state index is 0.141. The Morgan fingerprint density at radius 1 is 1.62 bits per heavy atom. The van der Waals surface area contributed by atoms with Crippen molar-refractivity contribution in [2.75, 3.05) is 26.7 Å². The Hall–Kier alpha value is -0.610. The molecule has 0 spiro atoms. The van der Waals surface area contributed by atoms with Crippen LogP contribution in [0.2, 0.25) is 0 Å². The van der Waals surface area contributed by atoms with Gasteiger partial charge in [-0.25, -0.2) is 0 Å². The zero-order valence-electron chi connectivity index (χ0n) is 8.25. The summed E-state index contributed by atoms with van der Waals surface area (Å²) in [5, 5.41) is 2.95. The normalized spacial score (nSPS) is 16.2. The first kappa shape index (κ1) is 10.5. The first-order valence-corrected chi connectivity index (χ1v) is 4.90. The monoisotopic (exact) mass is 185 g/mol. The van der Waals surface area contributed by atoms with Gasteiger partial charge in [0.15, 0.2) is 0 Å². The van der Waals surface area contributed by atoms with Crippen LogP contribution in [0.3, 0.4) is 0 Å². The largest absolute Gasteiger partial charge is 0.352 e. The first-order valence-electron chi connectivity index (χ1n) is 4.90. The summed E-state index contributed by atoms with van der Waals surface area (Å²) in [6, 6.07) is 0.468. The number of nitrogens with one attached hydrogen (secondary N) is 1. The summed E-state index contributed by atoms with van der Waals surface area (Å²) in [6.07, 6.45) is 3.25. The van der Waals surface area contributed by atoms with Crippen molar-refractivity contribution in [1.29, 1.82) is 0 Å². The molecule has 0 atom stereocenters. The lowest BCUT2D eigenvalue weighted by molar-refractivity contribution is -0.122. The molecule has 0 aromatic carbocycles. The molecular formula is C9H19N3O. The molecule has 0 aliphatic heterocycles. The average Bonchev–Trinajstić information content (AvgIpc) is 2.84. The van der Waals surface area contributed by atoms with Gasteiger partial charge in [-0.2, -0.15) is 0 Å². The number of carbonyl (C=O) groups is 1. The molecule has 0 aromatic heterocycles. The van der Waals surface area contributed by atoms with Gasteiger partial charge in [-0.3, -0.25) is 9.69 Å². The lowest BCUT2D eigenvalue weighted by Crippen LogP contribution is -2.36. The van der Waals surface area contributed by atoms with Crippen LogP contribution in [0.5, 0.6) is 0 Å². The van der Waals surface area contributed by atoms with Crippen LogP contribution in [0.25, 0.3) is 0 Å². The lowest BCUT2D eigenvalue weighted by Gasteiger charge is -2.15. The van der Waals surface area contributed by atoms with E-state index in [1.54, 1.807) is 0 Å². The van der Waals surface area contributed by atoms with Crippen LogP contribution in [0.4, 0.5) is 0 Å². The predicted octanol–water partition coefficient (Wildman–Crippen LogP) is -0.454. The SMILES string of the molecule is CN(CCCN)CC(=O)NC1CC1. The summed E-state index contributed by atoms with van der Waals surface area (Å²) in [5.41, 5.74) is 5.37. The fourth-order valence-corrected chi connectivity index (χ4v) is 1.19. The Morgan fingerprint density at radius 3 is 2.85 bits per heavy atom. The van der Waals surface area contributed by atoms with Crippen LogP contribution in [0, 0.1) is 0 Å². The molecule has 0 aromatic rings. The third-order valence-corrected chi connectivity index (χ3v) is 2.10. The van der Waals surface area contributed by atoms with Gasteiger partial charge in [-0.05, 0) is 39.4 Å². The Kier molecular flexibility index (Phi) is 4.18. The summed E-state index contributed by atoms with van der Waals surface area (Å²) in [4.78, 5) is 13.3. The van der Waals surface area contributed by atoms with E-state index in [-0.39, 0.29) is 5.91 Å². The van der Waals surface area contributed by atoms with Gasteiger partial charge in [0.05, 0.1) is 6.54 Å². The smallest absolute Gasteiger partial charge is 0.234 e. The van der Waals surface area contributed by atoms with Crippen molar-refractivity contribution in [3.8, 4) is 0 Å². The Labute approximate surface area is 79.5 Å². The number of carbonyl (C=O) groups excluding carboxylic acids is 1. The number of nitrogens with two attached hydrogens (primary N) is 1.